The maximum Gasteiger partial charge on any atom is 0.410 e. The van der Waals surface area contributed by atoms with Crippen LogP contribution in [0.3, 0.4) is 0 Å². The number of hydrogen-bond acceptors (Lipinski definition) is 5. The molecular formula is C33H42N2O5. The summed E-state index contributed by atoms with van der Waals surface area (Å²) in [6.07, 6.45) is -0.612. The van der Waals surface area contributed by atoms with Gasteiger partial charge in [0, 0.05) is 31.9 Å². The van der Waals surface area contributed by atoms with E-state index in [4.69, 9.17) is 4.74 Å². The molecule has 0 aliphatic rings. The Morgan fingerprint density at radius 1 is 0.825 bits per heavy atom. The third-order valence-electron chi connectivity index (χ3n) is 7.15. The van der Waals surface area contributed by atoms with Crippen LogP contribution in [0.4, 0.5) is 4.79 Å². The number of rotatable bonds is 12. The zero-order valence-electron chi connectivity index (χ0n) is 24.2. The second kappa shape index (κ2) is 13.1. The highest BCUT2D eigenvalue weighted by molar-refractivity contribution is 5.68. The fourth-order valence-corrected chi connectivity index (χ4v) is 4.94. The van der Waals surface area contributed by atoms with E-state index in [1.54, 1.807) is 4.90 Å². The molecule has 0 saturated heterocycles. The monoisotopic (exact) mass is 546 g/mol. The van der Waals surface area contributed by atoms with Crippen molar-refractivity contribution in [2.24, 2.45) is 5.41 Å². The van der Waals surface area contributed by atoms with Gasteiger partial charge in [-0.15, -0.1) is 0 Å². The minimum Gasteiger partial charge on any atom is -0.444 e. The molecule has 0 bridgehead atoms. The van der Waals surface area contributed by atoms with Crippen molar-refractivity contribution < 1.29 is 19.6 Å². The van der Waals surface area contributed by atoms with E-state index in [0.29, 0.717) is 19.4 Å². The van der Waals surface area contributed by atoms with Gasteiger partial charge in [-0.25, -0.2) is 4.79 Å². The third-order valence-corrected chi connectivity index (χ3v) is 7.15. The topological polar surface area (TPSA) is 92.9 Å². The highest BCUT2D eigenvalue weighted by atomic mass is 16.6. The van der Waals surface area contributed by atoms with Gasteiger partial charge in [-0.1, -0.05) is 91.0 Å². The molecule has 0 spiro atoms. The molecule has 1 atom stereocenters. The average molecular weight is 547 g/mol. The molecule has 7 nitrogen and oxygen atoms in total. The van der Waals surface area contributed by atoms with Crippen molar-refractivity contribution in [3.63, 3.8) is 0 Å². The number of ether oxygens (including phenoxy) is 1. The molecule has 0 heterocycles. The third kappa shape index (κ3) is 8.91. The number of nitro groups is 1. The smallest absolute Gasteiger partial charge is 0.410 e. The van der Waals surface area contributed by atoms with E-state index in [9.17, 15) is 20.0 Å². The van der Waals surface area contributed by atoms with Gasteiger partial charge in [0.25, 0.3) is 0 Å². The van der Waals surface area contributed by atoms with E-state index in [1.165, 1.54) is 13.8 Å². The normalized spacial score (nSPS) is 12.9. The lowest BCUT2D eigenvalue weighted by molar-refractivity contribution is -0.574. The maximum absolute atomic E-state index is 13.7. The number of hydrogen-bond donors (Lipinski definition) is 1. The molecule has 214 valence electrons. The van der Waals surface area contributed by atoms with Crippen LogP contribution in [-0.2, 0) is 24.1 Å². The highest BCUT2D eigenvalue weighted by Crippen LogP contribution is 2.38. The summed E-state index contributed by atoms with van der Waals surface area (Å²) in [5.74, 6) is 0. The Morgan fingerprint density at radius 2 is 1.25 bits per heavy atom. The number of nitrogens with zero attached hydrogens (tertiary/aromatic N) is 2. The van der Waals surface area contributed by atoms with E-state index in [2.05, 4.69) is 0 Å². The first kappa shape index (κ1) is 30.8. The van der Waals surface area contributed by atoms with Gasteiger partial charge in [0.05, 0.1) is 0 Å². The Labute approximate surface area is 238 Å². The molecule has 0 radical (unpaired) electrons. The number of carbonyl (C=O) groups is 1. The summed E-state index contributed by atoms with van der Waals surface area (Å²) in [4.78, 5) is 26.9. The van der Waals surface area contributed by atoms with Crippen molar-refractivity contribution in [2.45, 2.75) is 77.7 Å². The Kier molecular flexibility index (Phi) is 10.1. The van der Waals surface area contributed by atoms with Crippen LogP contribution >= 0.6 is 0 Å². The molecule has 1 N–H and O–H groups in total. The number of amides is 1. The average Bonchev–Trinajstić information content (AvgIpc) is 2.89. The van der Waals surface area contributed by atoms with Crippen molar-refractivity contribution in [2.75, 3.05) is 6.54 Å². The molecule has 0 aromatic heterocycles. The second-order valence-electron chi connectivity index (χ2n) is 12.3. The first-order valence-electron chi connectivity index (χ1n) is 13.7. The van der Waals surface area contributed by atoms with Gasteiger partial charge < -0.3 is 14.7 Å². The van der Waals surface area contributed by atoms with Crippen molar-refractivity contribution in [1.29, 1.82) is 0 Å². The van der Waals surface area contributed by atoms with Gasteiger partial charge in [0.15, 0.2) is 0 Å². The van der Waals surface area contributed by atoms with Crippen LogP contribution in [0, 0.1) is 15.5 Å². The Hall–Kier alpha value is -3.71. The molecule has 0 unspecified atom stereocenters. The molecule has 1 amide bonds. The summed E-state index contributed by atoms with van der Waals surface area (Å²) in [5.41, 5.74) is -0.0501. The quantitative estimate of drug-likeness (QED) is 0.202. The van der Waals surface area contributed by atoms with Gasteiger partial charge >= 0.3 is 6.09 Å². The standard InChI is InChI=1S/C33H42N2O5/c1-31(2,3)40-30(37)34(24-28-19-13-8-14-20-28)25-33(21-26-15-9-6-10-16-26,22-27-17-11-7-12-18-27)23-29(36)32(4,5)35(38)39/h6-20,29,36H,21-25H2,1-5H3/t29-/m1/s1. The summed E-state index contributed by atoms with van der Waals surface area (Å²) in [5, 5.41) is 23.3. The molecular weight excluding hydrogens is 504 g/mol. The molecule has 0 aliphatic heterocycles. The van der Waals surface area contributed by atoms with Crippen molar-refractivity contribution in [3.8, 4) is 0 Å². The van der Waals surface area contributed by atoms with Crippen LogP contribution in [0.25, 0.3) is 0 Å². The first-order chi connectivity index (χ1) is 18.8. The van der Waals surface area contributed by atoms with Gasteiger partial charge in [-0.2, -0.15) is 0 Å². The van der Waals surface area contributed by atoms with E-state index in [1.807, 2.05) is 112 Å². The molecule has 3 rings (SSSR count). The maximum atomic E-state index is 13.7. The first-order valence-corrected chi connectivity index (χ1v) is 13.7. The van der Waals surface area contributed by atoms with Crippen LogP contribution in [0.1, 0.15) is 57.7 Å². The zero-order chi connectivity index (χ0) is 29.4. The Morgan fingerprint density at radius 3 is 1.65 bits per heavy atom. The van der Waals surface area contributed by atoms with Crippen LogP contribution < -0.4 is 0 Å². The lowest BCUT2D eigenvalue weighted by atomic mass is 9.70. The molecule has 0 aliphatic carbocycles. The van der Waals surface area contributed by atoms with Crippen molar-refractivity contribution >= 4 is 6.09 Å². The molecule has 7 heteroatoms. The minimum absolute atomic E-state index is 0.110. The Balaban J connectivity index is 2.13. The molecule has 40 heavy (non-hydrogen) atoms. The van der Waals surface area contributed by atoms with Gasteiger partial charge in [-0.05, 0) is 62.1 Å². The fourth-order valence-electron chi connectivity index (χ4n) is 4.94. The van der Waals surface area contributed by atoms with E-state index < -0.39 is 33.7 Å². The summed E-state index contributed by atoms with van der Waals surface area (Å²) in [6.45, 7) is 8.91. The highest BCUT2D eigenvalue weighted by Gasteiger charge is 2.46. The van der Waals surface area contributed by atoms with Crippen LogP contribution in [0.2, 0.25) is 0 Å². The number of aliphatic hydroxyl groups excluding tert-OH is 1. The van der Waals surface area contributed by atoms with Gasteiger partial charge in [0.1, 0.15) is 11.7 Å². The number of carbonyl (C=O) groups excluding carboxylic acids is 1. The predicted molar refractivity (Wildman–Crippen MR) is 158 cm³/mol. The fraction of sp³-hybridized carbons (Fsp3) is 0.424. The second-order valence-corrected chi connectivity index (χ2v) is 12.3. The minimum atomic E-state index is -1.57. The number of aliphatic hydroxyl groups is 1. The summed E-state index contributed by atoms with van der Waals surface area (Å²) in [6, 6.07) is 29.4. The lowest BCUT2D eigenvalue weighted by Crippen LogP contribution is -2.51. The summed E-state index contributed by atoms with van der Waals surface area (Å²) < 4.78 is 5.85. The largest absolute Gasteiger partial charge is 0.444 e. The zero-order valence-corrected chi connectivity index (χ0v) is 24.2. The van der Waals surface area contributed by atoms with Gasteiger partial charge in [-0.3, -0.25) is 10.1 Å². The Bertz CT molecular complexity index is 1180. The molecule has 0 saturated carbocycles. The van der Waals surface area contributed by atoms with Gasteiger partial charge in [0.2, 0.25) is 5.54 Å². The van der Waals surface area contributed by atoms with E-state index in [-0.39, 0.29) is 13.0 Å². The summed E-state index contributed by atoms with van der Waals surface area (Å²) in [7, 11) is 0. The lowest BCUT2D eigenvalue weighted by Gasteiger charge is -2.41. The van der Waals surface area contributed by atoms with Crippen molar-refractivity contribution in [1.82, 2.24) is 4.90 Å². The number of benzene rings is 3. The predicted octanol–water partition coefficient (Wildman–Crippen LogP) is 6.70. The summed E-state index contributed by atoms with van der Waals surface area (Å²) >= 11 is 0. The molecule has 0 fully saturated rings. The van der Waals surface area contributed by atoms with Crippen LogP contribution in [0.15, 0.2) is 91.0 Å². The van der Waals surface area contributed by atoms with E-state index in [0.717, 1.165) is 16.7 Å². The van der Waals surface area contributed by atoms with E-state index >= 15 is 0 Å². The van der Waals surface area contributed by atoms with Crippen molar-refractivity contribution in [3.05, 3.63) is 118 Å². The SMILES string of the molecule is CC(C)(C)OC(=O)N(Cc1ccccc1)CC(Cc1ccccc1)(Cc1ccccc1)C[C@@H](O)C(C)(C)[N+](=O)[O-]. The molecule has 3 aromatic carbocycles. The molecule has 3 aromatic rings. The van der Waals surface area contributed by atoms with Crippen LogP contribution in [0.5, 0.6) is 0 Å². The van der Waals surface area contributed by atoms with Crippen LogP contribution in [-0.4, -0.2) is 44.8 Å².